The van der Waals surface area contributed by atoms with E-state index in [1.807, 2.05) is 19.1 Å². The smallest absolute Gasteiger partial charge is 0.307 e. The summed E-state index contributed by atoms with van der Waals surface area (Å²) in [7, 11) is 0. The predicted molar refractivity (Wildman–Crippen MR) is 80.3 cm³/mol. The minimum Gasteiger partial charge on any atom is -0.481 e. The maximum absolute atomic E-state index is 12.4. The lowest BCUT2D eigenvalue weighted by molar-refractivity contribution is -0.146. The van der Waals surface area contributed by atoms with Gasteiger partial charge in [0.2, 0.25) is 11.0 Å². The zero-order valence-corrected chi connectivity index (χ0v) is 13.0. The maximum Gasteiger partial charge on any atom is 0.307 e. The third-order valence-corrected chi connectivity index (χ3v) is 5.81. The first-order valence-electron chi connectivity index (χ1n) is 6.78. The standard InChI is InChI=1S/C13H15N3O3S2/c1-2-20-13-16-15-12(21-13)14-10(17)8-6-3-4-7(5-6)9(8)11(18)19/h3-4,6-9H,2,5H2,1H3,(H,18,19)(H,14,15,17)/t6-,7-,8-,9-/m0/s1. The van der Waals surface area contributed by atoms with Crippen LogP contribution in [-0.2, 0) is 9.59 Å². The molecule has 6 nitrogen and oxygen atoms in total. The number of rotatable bonds is 5. The van der Waals surface area contributed by atoms with Crippen LogP contribution in [0.25, 0.3) is 0 Å². The van der Waals surface area contributed by atoms with Gasteiger partial charge in [0.05, 0.1) is 11.8 Å². The predicted octanol–water partition coefficient (Wildman–Crippen LogP) is 2.11. The van der Waals surface area contributed by atoms with E-state index in [1.165, 1.54) is 11.3 Å². The van der Waals surface area contributed by atoms with E-state index in [1.54, 1.807) is 11.8 Å². The molecule has 1 aromatic rings. The van der Waals surface area contributed by atoms with E-state index in [0.717, 1.165) is 16.5 Å². The number of allylic oxidation sites excluding steroid dienone is 2. The number of nitrogens with one attached hydrogen (secondary N) is 1. The van der Waals surface area contributed by atoms with E-state index in [2.05, 4.69) is 15.5 Å². The second-order valence-electron chi connectivity index (χ2n) is 5.13. The number of carboxylic acids is 1. The lowest BCUT2D eigenvalue weighted by Gasteiger charge is -2.23. The molecule has 1 aromatic heterocycles. The number of carboxylic acid groups (broad SMARTS) is 1. The summed E-state index contributed by atoms with van der Waals surface area (Å²) in [6, 6.07) is 0. The number of carbonyl (C=O) groups is 2. The van der Waals surface area contributed by atoms with Gasteiger partial charge in [-0.1, -0.05) is 42.2 Å². The van der Waals surface area contributed by atoms with Crippen molar-refractivity contribution < 1.29 is 14.7 Å². The van der Waals surface area contributed by atoms with Crippen LogP contribution < -0.4 is 5.32 Å². The summed E-state index contributed by atoms with van der Waals surface area (Å²) in [5.74, 6) is -1.41. The average molecular weight is 325 g/mol. The molecule has 0 saturated heterocycles. The zero-order valence-electron chi connectivity index (χ0n) is 11.4. The van der Waals surface area contributed by atoms with Crippen LogP contribution in [0.1, 0.15) is 13.3 Å². The summed E-state index contributed by atoms with van der Waals surface area (Å²) in [5.41, 5.74) is 0. The van der Waals surface area contributed by atoms with E-state index in [0.29, 0.717) is 5.13 Å². The number of amides is 1. The third-order valence-electron chi connectivity index (χ3n) is 3.95. The summed E-state index contributed by atoms with van der Waals surface area (Å²) < 4.78 is 0.801. The molecule has 1 fully saturated rings. The first kappa shape index (κ1) is 14.5. The second kappa shape index (κ2) is 5.76. The minimum atomic E-state index is -0.897. The van der Waals surface area contributed by atoms with Crippen molar-refractivity contribution in [3.05, 3.63) is 12.2 Å². The van der Waals surface area contributed by atoms with Crippen LogP contribution in [0.15, 0.2) is 16.5 Å². The van der Waals surface area contributed by atoms with Crippen LogP contribution in [0.3, 0.4) is 0 Å². The van der Waals surface area contributed by atoms with E-state index in [9.17, 15) is 14.7 Å². The normalized spacial score (nSPS) is 29.8. The van der Waals surface area contributed by atoms with Crippen molar-refractivity contribution in [1.82, 2.24) is 10.2 Å². The Hall–Kier alpha value is -1.41. The Bertz CT molecular complexity index is 601. The summed E-state index contributed by atoms with van der Waals surface area (Å²) in [5, 5.41) is 20.4. The average Bonchev–Trinajstić information content (AvgIpc) is 3.13. The number of nitrogens with zero attached hydrogens (tertiary/aromatic N) is 2. The molecule has 2 bridgehead atoms. The van der Waals surface area contributed by atoms with Crippen LogP contribution in [0.2, 0.25) is 0 Å². The van der Waals surface area contributed by atoms with Gasteiger partial charge in [-0.25, -0.2) is 0 Å². The Morgan fingerprint density at radius 1 is 1.38 bits per heavy atom. The SMILES string of the molecule is CCSc1nnc(NC(=O)[C@@H]2[C@@H](C(=O)O)[C@H]3C=C[C@H]2C3)s1. The van der Waals surface area contributed by atoms with Gasteiger partial charge in [-0.2, -0.15) is 0 Å². The molecule has 8 heteroatoms. The van der Waals surface area contributed by atoms with Gasteiger partial charge < -0.3 is 10.4 Å². The summed E-state index contributed by atoms with van der Waals surface area (Å²) >= 11 is 2.88. The fraction of sp³-hybridized carbons (Fsp3) is 0.538. The van der Waals surface area contributed by atoms with Crippen LogP contribution in [0.4, 0.5) is 5.13 Å². The van der Waals surface area contributed by atoms with Crippen molar-refractivity contribution in [3.8, 4) is 0 Å². The number of anilines is 1. The Morgan fingerprint density at radius 2 is 2.10 bits per heavy atom. The molecule has 4 atom stereocenters. The van der Waals surface area contributed by atoms with Crippen molar-refractivity contribution in [2.24, 2.45) is 23.7 Å². The fourth-order valence-electron chi connectivity index (χ4n) is 3.15. The Kier molecular flexibility index (Phi) is 3.99. The fourth-order valence-corrected chi connectivity index (χ4v) is 4.80. The summed E-state index contributed by atoms with van der Waals surface area (Å²) in [6.45, 7) is 2.02. The number of aliphatic carboxylic acids is 1. The lowest BCUT2D eigenvalue weighted by Crippen LogP contribution is -2.36. The van der Waals surface area contributed by atoms with Crippen molar-refractivity contribution in [1.29, 1.82) is 0 Å². The molecule has 2 N–H and O–H groups in total. The molecule has 0 aliphatic heterocycles. The van der Waals surface area contributed by atoms with Crippen molar-refractivity contribution in [3.63, 3.8) is 0 Å². The van der Waals surface area contributed by atoms with Crippen molar-refractivity contribution in [2.75, 3.05) is 11.1 Å². The quantitative estimate of drug-likeness (QED) is 0.489. The van der Waals surface area contributed by atoms with E-state index in [-0.39, 0.29) is 17.7 Å². The number of aromatic nitrogens is 2. The van der Waals surface area contributed by atoms with Crippen LogP contribution in [-0.4, -0.2) is 32.9 Å². The van der Waals surface area contributed by atoms with Gasteiger partial charge >= 0.3 is 5.97 Å². The van der Waals surface area contributed by atoms with Crippen molar-refractivity contribution in [2.45, 2.75) is 17.7 Å². The molecule has 0 spiro atoms. The molecule has 21 heavy (non-hydrogen) atoms. The van der Waals surface area contributed by atoms with Gasteiger partial charge in [0.1, 0.15) is 0 Å². The molecule has 1 heterocycles. The largest absolute Gasteiger partial charge is 0.481 e. The molecule has 2 aliphatic carbocycles. The van der Waals surface area contributed by atoms with E-state index < -0.39 is 17.8 Å². The molecule has 3 rings (SSSR count). The molecule has 112 valence electrons. The lowest BCUT2D eigenvalue weighted by atomic mass is 9.82. The van der Waals surface area contributed by atoms with Crippen molar-refractivity contribution >= 4 is 40.1 Å². The Labute approximate surface area is 130 Å². The highest BCUT2D eigenvalue weighted by Gasteiger charge is 2.51. The van der Waals surface area contributed by atoms with E-state index >= 15 is 0 Å². The van der Waals surface area contributed by atoms with Crippen LogP contribution in [0.5, 0.6) is 0 Å². The number of thioether (sulfide) groups is 1. The minimum absolute atomic E-state index is 0.0218. The number of fused-ring (bicyclic) bond motifs is 2. The first-order valence-corrected chi connectivity index (χ1v) is 8.58. The Balaban J connectivity index is 1.72. The highest BCUT2D eigenvalue weighted by Crippen LogP contribution is 2.48. The molecular formula is C13H15N3O3S2. The monoisotopic (exact) mass is 325 g/mol. The molecule has 2 aliphatic rings. The molecular weight excluding hydrogens is 310 g/mol. The third kappa shape index (κ3) is 2.69. The first-order chi connectivity index (χ1) is 10.1. The molecule has 0 unspecified atom stereocenters. The van der Waals surface area contributed by atoms with Gasteiger partial charge in [0.15, 0.2) is 4.34 Å². The highest BCUT2D eigenvalue weighted by molar-refractivity contribution is 8.01. The summed E-state index contributed by atoms with van der Waals surface area (Å²) in [4.78, 5) is 23.8. The van der Waals surface area contributed by atoms with Gasteiger partial charge in [-0.05, 0) is 24.0 Å². The number of carbonyl (C=O) groups excluding carboxylic acids is 1. The molecule has 0 aromatic carbocycles. The van der Waals surface area contributed by atoms with Gasteiger partial charge in [-0.3, -0.25) is 9.59 Å². The molecule has 1 saturated carbocycles. The Morgan fingerprint density at radius 3 is 2.76 bits per heavy atom. The van der Waals surface area contributed by atoms with Crippen LogP contribution >= 0.6 is 23.1 Å². The number of hydrogen-bond donors (Lipinski definition) is 2. The van der Waals surface area contributed by atoms with Gasteiger partial charge in [0.25, 0.3) is 0 Å². The molecule has 1 amide bonds. The van der Waals surface area contributed by atoms with Crippen LogP contribution in [0, 0.1) is 23.7 Å². The van der Waals surface area contributed by atoms with Gasteiger partial charge in [-0.15, -0.1) is 10.2 Å². The topological polar surface area (TPSA) is 92.2 Å². The summed E-state index contributed by atoms with van der Waals surface area (Å²) in [6.07, 6.45) is 4.64. The van der Waals surface area contributed by atoms with E-state index in [4.69, 9.17) is 0 Å². The molecule has 0 radical (unpaired) electrons. The zero-order chi connectivity index (χ0) is 15.0. The number of hydrogen-bond acceptors (Lipinski definition) is 6. The maximum atomic E-state index is 12.4. The highest BCUT2D eigenvalue weighted by atomic mass is 32.2. The second-order valence-corrected chi connectivity index (χ2v) is 7.62. The van der Waals surface area contributed by atoms with Gasteiger partial charge in [0, 0.05) is 0 Å².